The molecule has 1 aromatic rings. The van der Waals surface area contributed by atoms with Crippen LogP contribution in [0.4, 0.5) is 16.3 Å². The van der Waals surface area contributed by atoms with Crippen LogP contribution < -0.4 is 16.8 Å². The van der Waals surface area contributed by atoms with Gasteiger partial charge in [-0.2, -0.15) is 5.10 Å². The summed E-state index contributed by atoms with van der Waals surface area (Å²) in [6.07, 6.45) is 9.49. The first-order valence-electron chi connectivity index (χ1n) is 8.18. The molecule has 0 atom stereocenters. The SMILES string of the molecule is NC(=O)NC1=CC(=[N+]2CCCC2)C=C/C1=N/c1cnn(CCO)c1N. The lowest BCUT2D eigenvalue weighted by molar-refractivity contribution is -0.504. The molecule has 3 rings (SSSR count). The molecule has 1 saturated heterocycles. The maximum Gasteiger partial charge on any atom is 0.316 e. The Morgan fingerprint density at radius 3 is 2.84 bits per heavy atom. The Hall–Kier alpha value is -2.94. The summed E-state index contributed by atoms with van der Waals surface area (Å²) in [4.78, 5) is 15.8. The van der Waals surface area contributed by atoms with Gasteiger partial charge in [0, 0.05) is 25.0 Å². The quantitative estimate of drug-likeness (QED) is 0.448. The zero-order chi connectivity index (χ0) is 17.8. The number of carbonyl (C=O) groups is 1. The predicted octanol–water partition coefficient (Wildman–Crippen LogP) is -0.101. The molecule has 1 aliphatic heterocycles. The van der Waals surface area contributed by atoms with Gasteiger partial charge in [0.15, 0.2) is 0 Å². The van der Waals surface area contributed by atoms with Gasteiger partial charge in [0.25, 0.3) is 0 Å². The minimum Gasteiger partial charge on any atom is -0.394 e. The van der Waals surface area contributed by atoms with E-state index in [0.29, 0.717) is 29.5 Å². The average Bonchev–Trinajstić information content (AvgIpc) is 3.22. The topological polar surface area (TPSA) is 135 Å². The second-order valence-corrected chi connectivity index (χ2v) is 5.86. The van der Waals surface area contributed by atoms with Crippen LogP contribution in [0.2, 0.25) is 0 Å². The van der Waals surface area contributed by atoms with Gasteiger partial charge in [-0.25, -0.2) is 19.0 Å². The Bertz CT molecular complexity index is 793. The normalized spacial score (nSPS) is 18.8. The number of hydrogen-bond acceptors (Lipinski definition) is 5. The number of nitrogens with two attached hydrogens (primary N) is 2. The van der Waals surface area contributed by atoms with Crippen LogP contribution in [0.5, 0.6) is 0 Å². The summed E-state index contributed by atoms with van der Waals surface area (Å²) in [6.45, 7) is 2.22. The molecule has 6 N–H and O–H groups in total. The number of amides is 2. The van der Waals surface area contributed by atoms with Crippen LogP contribution in [0, 0.1) is 0 Å². The number of rotatable bonds is 4. The summed E-state index contributed by atoms with van der Waals surface area (Å²) < 4.78 is 3.72. The minimum absolute atomic E-state index is 0.0651. The third-order valence-corrected chi connectivity index (χ3v) is 4.12. The zero-order valence-electron chi connectivity index (χ0n) is 13.9. The van der Waals surface area contributed by atoms with E-state index in [1.807, 2.05) is 18.2 Å². The summed E-state index contributed by atoms with van der Waals surface area (Å²) in [5.41, 5.74) is 13.8. The third-order valence-electron chi connectivity index (χ3n) is 4.12. The molecule has 0 bridgehead atoms. The molecule has 25 heavy (non-hydrogen) atoms. The van der Waals surface area contributed by atoms with Gasteiger partial charge < -0.3 is 21.9 Å². The predicted molar refractivity (Wildman–Crippen MR) is 95.0 cm³/mol. The number of allylic oxidation sites excluding steroid dienone is 3. The number of urea groups is 1. The van der Waals surface area contributed by atoms with Crippen molar-refractivity contribution in [2.75, 3.05) is 25.4 Å². The van der Waals surface area contributed by atoms with Crippen molar-refractivity contribution >= 4 is 29.0 Å². The maximum absolute atomic E-state index is 11.3. The summed E-state index contributed by atoms with van der Waals surface area (Å²) in [5, 5.41) is 15.7. The zero-order valence-corrected chi connectivity index (χ0v) is 13.9. The molecule has 2 amide bonds. The Morgan fingerprint density at radius 2 is 2.16 bits per heavy atom. The van der Waals surface area contributed by atoms with Gasteiger partial charge >= 0.3 is 6.03 Å². The lowest BCUT2D eigenvalue weighted by Gasteiger charge is -2.12. The second-order valence-electron chi connectivity index (χ2n) is 5.86. The van der Waals surface area contributed by atoms with Gasteiger partial charge in [0.2, 0.25) is 5.71 Å². The van der Waals surface area contributed by atoms with Gasteiger partial charge in [-0.1, -0.05) is 0 Å². The van der Waals surface area contributed by atoms with Crippen molar-refractivity contribution in [1.82, 2.24) is 15.1 Å². The van der Waals surface area contributed by atoms with Crippen molar-refractivity contribution in [3.05, 3.63) is 30.1 Å². The third kappa shape index (κ3) is 3.77. The first-order valence-corrected chi connectivity index (χ1v) is 8.18. The van der Waals surface area contributed by atoms with E-state index in [1.54, 1.807) is 0 Å². The maximum atomic E-state index is 11.3. The van der Waals surface area contributed by atoms with Gasteiger partial charge in [-0.05, 0) is 6.08 Å². The number of nitrogen functional groups attached to an aromatic ring is 1. The molecular formula is C16H22N7O2+. The van der Waals surface area contributed by atoms with E-state index in [1.165, 1.54) is 10.9 Å². The molecular weight excluding hydrogens is 322 g/mol. The van der Waals surface area contributed by atoms with E-state index < -0.39 is 6.03 Å². The molecule has 9 heteroatoms. The largest absolute Gasteiger partial charge is 0.394 e. The number of anilines is 1. The number of hydrogen-bond donors (Lipinski definition) is 4. The van der Waals surface area contributed by atoms with Crippen LogP contribution >= 0.6 is 0 Å². The number of primary amides is 1. The molecule has 0 radical (unpaired) electrons. The second kappa shape index (κ2) is 7.31. The molecule has 0 aromatic carbocycles. The average molecular weight is 344 g/mol. The molecule has 1 aliphatic carbocycles. The highest BCUT2D eigenvalue weighted by Gasteiger charge is 2.22. The molecule has 0 unspecified atom stereocenters. The monoisotopic (exact) mass is 344 g/mol. The number of aliphatic imine (C=N–C) groups is 1. The van der Waals surface area contributed by atoms with Gasteiger partial charge in [-0.3, -0.25) is 0 Å². The van der Waals surface area contributed by atoms with Crippen molar-refractivity contribution in [2.45, 2.75) is 19.4 Å². The number of aliphatic hydroxyl groups is 1. The molecule has 2 heterocycles. The van der Waals surface area contributed by atoms with E-state index in [-0.39, 0.29) is 6.61 Å². The van der Waals surface area contributed by atoms with Crippen LogP contribution in [-0.4, -0.2) is 56.6 Å². The van der Waals surface area contributed by atoms with Crippen LogP contribution in [0.1, 0.15) is 12.8 Å². The number of aliphatic hydroxyl groups excluding tert-OH is 1. The number of nitrogens with one attached hydrogen (secondary N) is 1. The Balaban J connectivity index is 1.94. The Kier molecular flexibility index (Phi) is 4.94. The fraction of sp³-hybridized carbons (Fsp3) is 0.375. The van der Waals surface area contributed by atoms with Crippen molar-refractivity contribution in [2.24, 2.45) is 10.7 Å². The van der Waals surface area contributed by atoms with Crippen LogP contribution in [0.3, 0.4) is 0 Å². The number of nitrogens with zero attached hydrogens (tertiary/aromatic N) is 4. The Labute approximate surface area is 145 Å². The van der Waals surface area contributed by atoms with E-state index in [0.717, 1.165) is 31.6 Å². The van der Waals surface area contributed by atoms with Crippen molar-refractivity contribution in [1.29, 1.82) is 0 Å². The smallest absolute Gasteiger partial charge is 0.316 e. The minimum atomic E-state index is -0.654. The first kappa shape index (κ1) is 16.9. The van der Waals surface area contributed by atoms with Crippen LogP contribution in [0.25, 0.3) is 0 Å². The van der Waals surface area contributed by atoms with Crippen molar-refractivity contribution in [3.8, 4) is 0 Å². The fourth-order valence-corrected chi connectivity index (χ4v) is 2.90. The molecule has 132 valence electrons. The van der Waals surface area contributed by atoms with Crippen LogP contribution in [0.15, 0.2) is 35.1 Å². The van der Waals surface area contributed by atoms with Gasteiger partial charge in [-0.15, -0.1) is 0 Å². The lowest BCUT2D eigenvalue weighted by atomic mass is 10.1. The van der Waals surface area contributed by atoms with E-state index in [4.69, 9.17) is 16.6 Å². The summed E-state index contributed by atoms with van der Waals surface area (Å²) >= 11 is 0. The van der Waals surface area contributed by atoms with E-state index >= 15 is 0 Å². The Morgan fingerprint density at radius 1 is 1.40 bits per heavy atom. The van der Waals surface area contributed by atoms with Crippen LogP contribution in [-0.2, 0) is 6.54 Å². The summed E-state index contributed by atoms with van der Waals surface area (Å²) in [5.74, 6) is 0.350. The van der Waals surface area contributed by atoms with Crippen molar-refractivity contribution in [3.63, 3.8) is 0 Å². The standard InChI is InChI=1S/C16H21N7O2/c17-15-14(10-19-23(15)7-8-24)20-12-4-3-11(22-5-1-2-6-22)9-13(12)21-16(18)25/h3-4,9-10,24H,1-2,5-8H2,(H4,17,18,19,21,25)/p+1. The molecule has 9 nitrogen and oxygen atoms in total. The lowest BCUT2D eigenvalue weighted by Crippen LogP contribution is -2.34. The molecule has 1 aromatic heterocycles. The number of carbonyl (C=O) groups excluding carboxylic acids is 1. The van der Waals surface area contributed by atoms with Gasteiger partial charge in [0.05, 0.1) is 30.8 Å². The molecule has 0 spiro atoms. The van der Waals surface area contributed by atoms with E-state index in [9.17, 15) is 4.79 Å². The number of aromatic nitrogens is 2. The highest BCUT2D eigenvalue weighted by molar-refractivity contribution is 6.21. The highest BCUT2D eigenvalue weighted by Crippen LogP contribution is 2.23. The summed E-state index contributed by atoms with van der Waals surface area (Å²) in [6, 6.07) is -0.654. The highest BCUT2D eigenvalue weighted by atomic mass is 16.3. The molecule has 1 fully saturated rings. The van der Waals surface area contributed by atoms with Gasteiger partial charge in [0.1, 0.15) is 24.6 Å². The first-order chi connectivity index (χ1) is 12.1. The summed E-state index contributed by atoms with van der Waals surface area (Å²) in [7, 11) is 0. The molecule has 0 saturated carbocycles. The molecule has 2 aliphatic rings. The van der Waals surface area contributed by atoms with Crippen molar-refractivity contribution < 1.29 is 14.5 Å². The van der Waals surface area contributed by atoms with E-state index in [2.05, 4.69) is 20.0 Å². The fourth-order valence-electron chi connectivity index (χ4n) is 2.90.